The standard InChI is InChI=1S/C19H24/c1-11-8-14(4)18(15(5)9-11)19-16(6)12(2)10-13(3)17(19)7/h8-10H,1-7H3. The molecule has 0 aromatic heterocycles. The number of hydrogen-bond acceptors (Lipinski definition) is 0. The normalized spacial score (nSPS) is 10.9. The van der Waals surface area contributed by atoms with Gasteiger partial charge in [-0.3, -0.25) is 0 Å². The molecule has 0 saturated heterocycles. The van der Waals surface area contributed by atoms with E-state index in [9.17, 15) is 0 Å². The summed E-state index contributed by atoms with van der Waals surface area (Å²) in [6.45, 7) is 15.5. The summed E-state index contributed by atoms with van der Waals surface area (Å²) in [5.41, 5.74) is 12.6. The summed E-state index contributed by atoms with van der Waals surface area (Å²) >= 11 is 0. The molecule has 0 N–H and O–H groups in total. The summed E-state index contributed by atoms with van der Waals surface area (Å²) in [7, 11) is 0. The lowest BCUT2D eigenvalue weighted by atomic mass is 9.85. The van der Waals surface area contributed by atoms with Crippen LogP contribution in [0.2, 0.25) is 0 Å². The van der Waals surface area contributed by atoms with E-state index in [1.54, 1.807) is 0 Å². The second kappa shape index (κ2) is 4.85. The SMILES string of the molecule is Cc1cc(C)c(-c2c(C)c(C)cc(C)c2C)c(C)c1. The number of rotatable bonds is 1. The smallest absolute Gasteiger partial charge is 0.0115 e. The van der Waals surface area contributed by atoms with E-state index in [1.165, 1.54) is 50.1 Å². The van der Waals surface area contributed by atoms with Crippen molar-refractivity contribution in [3.63, 3.8) is 0 Å². The van der Waals surface area contributed by atoms with E-state index in [1.807, 2.05) is 0 Å². The fraction of sp³-hybridized carbons (Fsp3) is 0.368. The van der Waals surface area contributed by atoms with Gasteiger partial charge in [-0.1, -0.05) is 23.8 Å². The van der Waals surface area contributed by atoms with E-state index in [2.05, 4.69) is 66.7 Å². The van der Waals surface area contributed by atoms with Gasteiger partial charge in [0.15, 0.2) is 0 Å². The zero-order valence-corrected chi connectivity index (χ0v) is 13.2. The Hall–Kier alpha value is -1.56. The number of aryl methyl sites for hydroxylation is 5. The third kappa shape index (κ3) is 2.32. The van der Waals surface area contributed by atoms with Gasteiger partial charge in [-0.25, -0.2) is 0 Å². The second-order valence-corrected chi connectivity index (χ2v) is 5.91. The van der Waals surface area contributed by atoms with Crippen molar-refractivity contribution in [3.8, 4) is 11.1 Å². The molecular weight excluding hydrogens is 228 g/mol. The van der Waals surface area contributed by atoms with Crippen molar-refractivity contribution in [2.24, 2.45) is 0 Å². The average Bonchev–Trinajstić information content (AvgIpc) is 2.30. The topological polar surface area (TPSA) is 0 Å². The van der Waals surface area contributed by atoms with Gasteiger partial charge >= 0.3 is 0 Å². The Bertz CT molecular complexity index is 596. The van der Waals surface area contributed by atoms with Crippen LogP contribution in [0.5, 0.6) is 0 Å². The van der Waals surface area contributed by atoms with Gasteiger partial charge in [-0.15, -0.1) is 0 Å². The first-order valence-corrected chi connectivity index (χ1v) is 6.98. The molecule has 0 unspecified atom stereocenters. The molecule has 0 atom stereocenters. The van der Waals surface area contributed by atoms with Crippen molar-refractivity contribution in [1.82, 2.24) is 0 Å². The van der Waals surface area contributed by atoms with Crippen LogP contribution in [-0.2, 0) is 0 Å². The van der Waals surface area contributed by atoms with E-state index >= 15 is 0 Å². The van der Waals surface area contributed by atoms with E-state index < -0.39 is 0 Å². The molecule has 0 radical (unpaired) electrons. The van der Waals surface area contributed by atoms with Crippen molar-refractivity contribution in [2.75, 3.05) is 0 Å². The molecule has 19 heavy (non-hydrogen) atoms. The van der Waals surface area contributed by atoms with Gasteiger partial charge in [0.05, 0.1) is 0 Å². The molecule has 100 valence electrons. The summed E-state index contributed by atoms with van der Waals surface area (Å²) < 4.78 is 0. The first-order chi connectivity index (χ1) is 8.82. The van der Waals surface area contributed by atoms with E-state index in [0.29, 0.717) is 0 Å². The molecule has 0 amide bonds. The molecule has 0 aliphatic carbocycles. The summed E-state index contributed by atoms with van der Waals surface area (Å²) in [4.78, 5) is 0. The fourth-order valence-electron chi connectivity index (χ4n) is 3.17. The minimum Gasteiger partial charge on any atom is -0.0558 e. The molecule has 0 spiro atoms. The summed E-state index contributed by atoms with van der Waals surface area (Å²) in [5, 5.41) is 0. The van der Waals surface area contributed by atoms with Crippen LogP contribution in [-0.4, -0.2) is 0 Å². The van der Waals surface area contributed by atoms with Crippen LogP contribution in [0.3, 0.4) is 0 Å². The lowest BCUT2D eigenvalue weighted by Crippen LogP contribution is -1.99. The lowest BCUT2D eigenvalue weighted by molar-refractivity contribution is 1.22. The molecule has 0 nitrogen and oxygen atoms in total. The van der Waals surface area contributed by atoms with Gasteiger partial charge in [0.25, 0.3) is 0 Å². The van der Waals surface area contributed by atoms with Crippen molar-refractivity contribution < 1.29 is 0 Å². The first kappa shape index (κ1) is 13.9. The van der Waals surface area contributed by atoms with Crippen LogP contribution in [0.25, 0.3) is 11.1 Å². The van der Waals surface area contributed by atoms with Gasteiger partial charge in [0.1, 0.15) is 0 Å². The van der Waals surface area contributed by atoms with Crippen molar-refractivity contribution >= 4 is 0 Å². The Balaban J connectivity index is 2.87. The molecular formula is C19H24. The fourth-order valence-corrected chi connectivity index (χ4v) is 3.17. The molecule has 0 heterocycles. The van der Waals surface area contributed by atoms with Gasteiger partial charge in [0.2, 0.25) is 0 Å². The van der Waals surface area contributed by atoms with Gasteiger partial charge < -0.3 is 0 Å². The maximum Gasteiger partial charge on any atom is -0.0115 e. The van der Waals surface area contributed by atoms with Crippen LogP contribution in [0, 0.1) is 48.5 Å². The highest BCUT2D eigenvalue weighted by atomic mass is 14.2. The van der Waals surface area contributed by atoms with Gasteiger partial charge in [-0.2, -0.15) is 0 Å². The van der Waals surface area contributed by atoms with Crippen LogP contribution in [0.1, 0.15) is 38.9 Å². The van der Waals surface area contributed by atoms with E-state index in [4.69, 9.17) is 0 Å². The second-order valence-electron chi connectivity index (χ2n) is 5.91. The average molecular weight is 252 g/mol. The van der Waals surface area contributed by atoms with Gasteiger partial charge in [0, 0.05) is 0 Å². The summed E-state index contributed by atoms with van der Waals surface area (Å²) in [6.07, 6.45) is 0. The predicted molar refractivity (Wildman–Crippen MR) is 85.0 cm³/mol. The minimum atomic E-state index is 1.35. The van der Waals surface area contributed by atoms with Crippen LogP contribution < -0.4 is 0 Å². The Kier molecular flexibility index (Phi) is 3.54. The minimum absolute atomic E-state index is 1.35. The van der Waals surface area contributed by atoms with Crippen LogP contribution in [0.15, 0.2) is 18.2 Å². The third-order valence-electron chi connectivity index (χ3n) is 4.29. The van der Waals surface area contributed by atoms with Crippen LogP contribution in [0.4, 0.5) is 0 Å². The van der Waals surface area contributed by atoms with E-state index in [-0.39, 0.29) is 0 Å². The largest absolute Gasteiger partial charge is 0.0558 e. The Morgan fingerprint density at radius 2 is 0.895 bits per heavy atom. The maximum atomic E-state index is 2.30. The molecule has 0 saturated carbocycles. The quantitative estimate of drug-likeness (QED) is 0.627. The molecule has 0 aliphatic rings. The molecule has 2 aromatic carbocycles. The Morgan fingerprint density at radius 3 is 1.32 bits per heavy atom. The van der Waals surface area contributed by atoms with Crippen molar-refractivity contribution in [2.45, 2.75) is 48.5 Å². The lowest BCUT2D eigenvalue weighted by Gasteiger charge is -2.20. The summed E-state index contributed by atoms with van der Waals surface area (Å²) in [5.74, 6) is 0. The molecule has 2 rings (SSSR count). The molecule has 0 heteroatoms. The third-order valence-corrected chi connectivity index (χ3v) is 4.29. The van der Waals surface area contributed by atoms with Crippen LogP contribution >= 0.6 is 0 Å². The molecule has 0 aliphatic heterocycles. The highest BCUT2D eigenvalue weighted by Crippen LogP contribution is 2.36. The molecule has 2 aromatic rings. The molecule has 0 bridgehead atoms. The first-order valence-electron chi connectivity index (χ1n) is 6.98. The number of hydrogen-bond donors (Lipinski definition) is 0. The van der Waals surface area contributed by atoms with Crippen molar-refractivity contribution in [1.29, 1.82) is 0 Å². The monoisotopic (exact) mass is 252 g/mol. The summed E-state index contributed by atoms with van der Waals surface area (Å²) in [6, 6.07) is 6.88. The maximum absolute atomic E-state index is 2.30. The number of benzene rings is 2. The van der Waals surface area contributed by atoms with Gasteiger partial charge in [-0.05, 0) is 93.0 Å². The highest BCUT2D eigenvalue weighted by Gasteiger charge is 2.14. The zero-order chi connectivity index (χ0) is 14.3. The zero-order valence-electron chi connectivity index (χ0n) is 13.2. The Morgan fingerprint density at radius 1 is 0.474 bits per heavy atom. The van der Waals surface area contributed by atoms with Crippen molar-refractivity contribution in [3.05, 3.63) is 57.1 Å². The molecule has 0 fully saturated rings. The van der Waals surface area contributed by atoms with E-state index in [0.717, 1.165) is 0 Å². The predicted octanol–water partition coefficient (Wildman–Crippen LogP) is 5.51. The Labute approximate surface area is 117 Å². The highest BCUT2D eigenvalue weighted by molar-refractivity contribution is 5.78.